The first-order valence-corrected chi connectivity index (χ1v) is 10.3. The lowest BCUT2D eigenvalue weighted by Gasteiger charge is -2.18. The number of rotatable bonds is 7. The normalized spacial score (nSPS) is 13.1. The highest BCUT2D eigenvalue weighted by molar-refractivity contribution is 7.13. The molecule has 0 aliphatic heterocycles. The molecular formula is C21H22N2O6S. The van der Waals surface area contributed by atoms with E-state index in [0.717, 1.165) is 11.3 Å². The molecule has 0 fully saturated rings. The minimum Gasteiger partial charge on any atom is -0.480 e. The SMILES string of the molecule is CCc1cc2c(=O)c(-c3nc(C)cs3)coc2cc1OC(C)C(=O)NC(C)C(=O)O. The van der Waals surface area contributed by atoms with Crippen LogP contribution in [0.5, 0.6) is 5.75 Å². The number of aromatic nitrogens is 1. The number of ether oxygens (including phenoxy) is 1. The van der Waals surface area contributed by atoms with Crippen molar-refractivity contribution >= 4 is 34.2 Å². The van der Waals surface area contributed by atoms with Crippen LogP contribution in [-0.4, -0.2) is 34.1 Å². The van der Waals surface area contributed by atoms with Gasteiger partial charge in [0.15, 0.2) is 6.10 Å². The number of benzene rings is 1. The highest BCUT2D eigenvalue weighted by Gasteiger charge is 2.22. The molecule has 0 radical (unpaired) electrons. The molecule has 1 aromatic carbocycles. The van der Waals surface area contributed by atoms with Gasteiger partial charge in [-0.05, 0) is 38.8 Å². The van der Waals surface area contributed by atoms with Crippen molar-refractivity contribution in [2.75, 3.05) is 0 Å². The summed E-state index contributed by atoms with van der Waals surface area (Å²) >= 11 is 1.37. The molecule has 2 unspecified atom stereocenters. The van der Waals surface area contributed by atoms with Crippen LogP contribution in [-0.2, 0) is 16.0 Å². The molecule has 3 aromatic rings. The van der Waals surface area contributed by atoms with Gasteiger partial charge in [-0.1, -0.05) is 6.92 Å². The number of carboxylic acid groups (broad SMARTS) is 1. The third-order valence-electron chi connectivity index (χ3n) is 4.59. The molecular weight excluding hydrogens is 408 g/mol. The van der Waals surface area contributed by atoms with E-state index in [2.05, 4.69) is 10.3 Å². The molecule has 0 spiro atoms. The molecule has 30 heavy (non-hydrogen) atoms. The average Bonchev–Trinajstić information content (AvgIpc) is 3.13. The molecule has 9 heteroatoms. The van der Waals surface area contributed by atoms with Crippen molar-refractivity contribution in [2.24, 2.45) is 0 Å². The molecule has 1 amide bonds. The van der Waals surface area contributed by atoms with Crippen LogP contribution < -0.4 is 15.5 Å². The Morgan fingerprint density at radius 3 is 2.67 bits per heavy atom. The standard InChI is InChI=1S/C21H22N2O6S/c1-5-13-6-14-17(28-8-15(18(14)24)20-22-10(2)9-30-20)7-16(13)29-12(4)19(25)23-11(3)21(26)27/h6-9,11-12H,5H2,1-4H3,(H,23,25)(H,26,27). The van der Waals surface area contributed by atoms with Gasteiger partial charge in [0.25, 0.3) is 5.91 Å². The molecule has 3 rings (SSSR count). The first kappa shape index (κ1) is 21.5. The zero-order valence-corrected chi connectivity index (χ0v) is 17.8. The van der Waals surface area contributed by atoms with Crippen LogP contribution in [0, 0.1) is 6.92 Å². The summed E-state index contributed by atoms with van der Waals surface area (Å²) in [5.41, 5.74) is 2.10. The average molecular weight is 430 g/mol. The maximum absolute atomic E-state index is 13.0. The maximum Gasteiger partial charge on any atom is 0.325 e. The number of amides is 1. The van der Waals surface area contributed by atoms with Gasteiger partial charge in [0.05, 0.1) is 10.9 Å². The molecule has 2 N–H and O–H groups in total. The summed E-state index contributed by atoms with van der Waals surface area (Å²) < 4.78 is 11.4. The predicted molar refractivity (Wildman–Crippen MR) is 113 cm³/mol. The molecule has 8 nitrogen and oxygen atoms in total. The van der Waals surface area contributed by atoms with E-state index in [4.69, 9.17) is 14.3 Å². The summed E-state index contributed by atoms with van der Waals surface area (Å²) in [6.07, 6.45) is 1.01. The number of aryl methyl sites for hydroxylation is 2. The third kappa shape index (κ3) is 4.35. The van der Waals surface area contributed by atoms with Crippen LogP contribution in [0.25, 0.3) is 21.5 Å². The minimum atomic E-state index is -1.14. The predicted octanol–water partition coefficient (Wildman–Crippen LogP) is 3.14. The molecule has 2 atom stereocenters. The molecule has 0 aliphatic rings. The van der Waals surface area contributed by atoms with Crippen LogP contribution in [0.1, 0.15) is 32.0 Å². The smallest absolute Gasteiger partial charge is 0.325 e. The molecule has 2 aromatic heterocycles. The van der Waals surface area contributed by atoms with Crippen molar-refractivity contribution in [3.05, 3.63) is 45.3 Å². The number of nitrogens with one attached hydrogen (secondary N) is 1. The number of carboxylic acids is 1. The number of aliphatic carboxylic acids is 1. The minimum absolute atomic E-state index is 0.187. The highest BCUT2D eigenvalue weighted by Crippen LogP contribution is 2.29. The second kappa shape index (κ2) is 8.66. The summed E-state index contributed by atoms with van der Waals surface area (Å²) in [5, 5.41) is 14.2. The van der Waals surface area contributed by atoms with Crippen LogP contribution in [0.3, 0.4) is 0 Å². The van der Waals surface area contributed by atoms with E-state index in [9.17, 15) is 14.4 Å². The second-order valence-electron chi connectivity index (χ2n) is 6.91. The number of fused-ring (bicyclic) bond motifs is 1. The Balaban J connectivity index is 1.94. The fourth-order valence-corrected chi connectivity index (χ4v) is 3.65. The molecule has 0 saturated heterocycles. The number of hydrogen-bond donors (Lipinski definition) is 2. The fraction of sp³-hybridized carbons (Fsp3) is 0.333. The van der Waals surface area contributed by atoms with Gasteiger partial charge in [-0.3, -0.25) is 14.4 Å². The Kier molecular flexibility index (Phi) is 6.21. The molecule has 0 bridgehead atoms. The summed E-state index contributed by atoms with van der Waals surface area (Å²) in [4.78, 5) is 40.5. The Morgan fingerprint density at radius 1 is 1.33 bits per heavy atom. The van der Waals surface area contributed by atoms with Gasteiger partial charge in [0.1, 0.15) is 28.6 Å². The highest BCUT2D eigenvalue weighted by atomic mass is 32.1. The van der Waals surface area contributed by atoms with Crippen molar-refractivity contribution in [3.8, 4) is 16.3 Å². The number of carbonyl (C=O) groups excluding carboxylic acids is 1. The number of carbonyl (C=O) groups is 2. The Labute approximate surface area is 176 Å². The van der Waals surface area contributed by atoms with E-state index in [1.807, 2.05) is 19.2 Å². The monoisotopic (exact) mass is 430 g/mol. The van der Waals surface area contributed by atoms with E-state index in [-0.39, 0.29) is 5.43 Å². The van der Waals surface area contributed by atoms with Gasteiger partial charge >= 0.3 is 5.97 Å². The van der Waals surface area contributed by atoms with E-state index in [0.29, 0.717) is 33.7 Å². The van der Waals surface area contributed by atoms with Crippen molar-refractivity contribution in [2.45, 2.75) is 46.3 Å². The largest absolute Gasteiger partial charge is 0.480 e. The van der Waals surface area contributed by atoms with E-state index in [1.54, 1.807) is 12.1 Å². The van der Waals surface area contributed by atoms with E-state index < -0.39 is 24.0 Å². The van der Waals surface area contributed by atoms with Gasteiger partial charge in [-0.25, -0.2) is 4.98 Å². The maximum atomic E-state index is 13.0. The van der Waals surface area contributed by atoms with Crippen molar-refractivity contribution in [1.29, 1.82) is 0 Å². The quantitative estimate of drug-likeness (QED) is 0.591. The number of thiazole rings is 1. The van der Waals surface area contributed by atoms with Crippen molar-refractivity contribution in [1.82, 2.24) is 10.3 Å². The zero-order chi connectivity index (χ0) is 22.0. The lowest BCUT2D eigenvalue weighted by molar-refractivity contribution is -0.142. The first-order chi connectivity index (χ1) is 14.2. The second-order valence-corrected chi connectivity index (χ2v) is 7.77. The van der Waals surface area contributed by atoms with Crippen molar-refractivity contribution < 1.29 is 23.8 Å². The number of nitrogens with zero attached hydrogens (tertiary/aromatic N) is 1. The van der Waals surface area contributed by atoms with Gasteiger partial charge < -0.3 is 19.6 Å². The lowest BCUT2D eigenvalue weighted by Crippen LogP contribution is -2.44. The summed E-state index contributed by atoms with van der Waals surface area (Å²) in [6.45, 7) is 6.66. The molecule has 0 aliphatic carbocycles. The Morgan fingerprint density at radius 2 is 2.07 bits per heavy atom. The van der Waals surface area contributed by atoms with Crippen LogP contribution in [0.2, 0.25) is 0 Å². The van der Waals surface area contributed by atoms with Gasteiger partial charge in [-0.2, -0.15) is 0 Å². The topological polar surface area (TPSA) is 119 Å². The van der Waals surface area contributed by atoms with Crippen LogP contribution in [0.15, 0.2) is 33.0 Å². The van der Waals surface area contributed by atoms with E-state index >= 15 is 0 Å². The Bertz CT molecular complexity index is 1170. The number of hydrogen-bond acceptors (Lipinski definition) is 7. The third-order valence-corrected chi connectivity index (χ3v) is 5.58. The van der Waals surface area contributed by atoms with Gasteiger partial charge in [0.2, 0.25) is 5.43 Å². The molecule has 158 valence electrons. The zero-order valence-electron chi connectivity index (χ0n) is 17.0. The van der Waals surface area contributed by atoms with Crippen LogP contribution >= 0.6 is 11.3 Å². The lowest BCUT2D eigenvalue weighted by atomic mass is 10.1. The first-order valence-electron chi connectivity index (χ1n) is 9.42. The summed E-state index contributed by atoms with van der Waals surface area (Å²) in [7, 11) is 0. The van der Waals surface area contributed by atoms with Gasteiger partial charge in [0, 0.05) is 17.1 Å². The Hall–Kier alpha value is -3.20. The van der Waals surface area contributed by atoms with E-state index in [1.165, 1.54) is 31.4 Å². The van der Waals surface area contributed by atoms with Crippen molar-refractivity contribution in [3.63, 3.8) is 0 Å². The van der Waals surface area contributed by atoms with Gasteiger partial charge in [-0.15, -0.1) is 11.3 Å². The molecule has 2 heterocycles. The summed E-state index contributed by atoms with van der Waals surface area (Å²) in [5.74, 6) is -1.29. The fourth-order valence-electron chi connectivity index (χ4n) is 2.85. The van der Waals surface area contributed by atoms with Crippen LogP contribution in [0.4, 0.5) is 0 Å². The molecule has 0 saturated carbocycles. The summed E-state index contributed by atoms with van der Waals surface area (Å²) in [6, 6.07) is 2.25.